The second-order valence-corrected chi connectivity index (χ2v) is 4.57. The Labute approximate surface area is 120 Å². The van der Waals surface area contributed by atoms with Crippen molar-refractivity contribution in [1.29, 1.82) is 0 Å². The Morgan fingerprint density at radius 1 is 1.33 bits per heavy atom. The summed E-state index contributed by atoms with van der Waals surface area (Å²) < 4.78 is 18.7. The molecule has 0 amide bonds. The van der Waals surface area contributed by atoms with E-state index in [1.165, 1.54) is 37.3 Å². The fourth-order valence-electron chi connectivity index (χ4n) is 1.90. The lowest BCUT2D eigenvalue weighted by atomic mass is 10.1. The lowest BCUT2D eigenvalue weighted by Gasteiger charge is -2.13. The molecule has 0 unspecified atom stereocenters. The Hall–Kier alpha value is -2.47. The molecule has 0 spiro atoms. The van der Waals surface area contributed by atoms with Crippen molar-refractivity contribution in [3.8, 4) is 5.75 Å². The molecule has 2 aromatic carbocycles. The third kappa shape index (κ3) is 3.76. The van der Waals surface area contributed by atoms with Crippen LogP contribution < -0.4 is 4.74 Å². The molecule has 0 aliphatic heterocycles. The summed E-state index contributed by atoms with van der Waals surface area (Å²) >= 11 is 0. The molecule has 0 saturated heterocycles. The zero-order valence-corrected chi connectivity index (χ0v) is 11.3. The summed E-state index contributed by atoms with van der Waals surface area (Å²) in [5.41, 5.74) is 0.927. The molecule has 6 heteroatoms. The van der Waals surface area contributed by atoms with E-state index in [1.807, 2.05) is 0 Å². The quantitative estimate of drug-likeness (QED) is 0.677. The first-order valence-corrected chi connectivity index (χ1v) is 6.31. The van der Waals surface area contributed by atoms with Crippen LogP contribution in [0, 0.1) is 15.9 Å². The third-order valence-corrected chi connectivity index (χ3v) is 2.94. The van der Waals surface area contributed by atoms with Crippen LogP contribution in [0.1, 0.15) is 24.2 Å². The van der Waals surface area contributed by atoms with Gasteiger partial charge in [-0.25, -0.2) is 4.39 Å². The van der Waals surface area contributed by atoms with Crippen molar-refractivity contribution in [1.82, 2.24) is 0 Å². The van der Waals surface area contributed by atoms with Crippen LogP contribution in [0.4, 0.5) is 10.1 Å². The van der Waals surface area contributed by atoms with Gasteiger partial charge < -0.3 is 9.84 Å². The van der Waals surface area contributed by atoms with Gasteiger partial charge in [0.15, 0.2) is 0 Å². The molecule has 0 radical (unpaired) electrons. The van der Waals surface area contributed by atoms with Crippen molar-refractivity contribution >= 4 is 5.69 Å². The van der Waals surface area contributed by atoms with E-state index in [2.05, 4.69) is 0 Å². The zero-order valence-electron chi connectivity index (χ0n) is 11.3. The molecule has 2 rings (SSSR count). The summed E-state index contributed by atoms with van der Waals surface area (Å²) in [7, 11) is 0. The standard InChI is InChI=1S/C15H14FNO4/c1-10(18)14-8-12(16)5-6-15(14)21-9-11-3-2-4-13(7-11)17(19)20/h2-8,10,18H,9H2,1H3/t10-/m0/s1. The minimum Gasteiger partial charge on any atom is -0.489 e. The number of nitro groups is 1. The van der Waals surface area contributed by atoms with E-state index in [4.69, 9.17) is 4.74 Å². The Bertz CT molecular complexity index is 658. The van der Waals surface area contributed by atoms with Gasteiger partial charge in [0, 0.05) is 17.7 Å². The van der Waals surface area contributed by atoms with Crippen molar-refractivity contribution < 1.29 is 19.2 Å². The van der Waals surface area contributed by atoms with Crippen molar-refractivity contribution in [2.75, 3.05) is 0 Å². The first-order valence-electron chi connectivity index (χ1n) is 6.31. The SMILES string of the molecule is C[C@H](O)c1cc(F)ccc1OCc1cccc([N+](=O)[O-])c1. The second kappa shape index (κ2) is 6.32. The van der Waals surface area contributed by atoms with Gasteiger partial charge in [0.1, 0.15) is 18.2 Å². The number of rotatable bonds is 5. The summed E-state index contributed by atoms with van der Waals surface area (Å²) in [6.45, 7) is 1.60. The molecule has 2 aromatic rings. The number of non-ortho nitro benzene ring substituents is 1. The molecule has 21 heavy (non-hydrogen) atoms. The molecule has 0 aliphatic carbocycles. The Kier molecular flexibility index (Phi) is 4.49. The Morgan fingerprint density at radius 2 is 2.10 bits per heavy atom. The van der Waals surface area contributed by atoms with E-state index in [0.717, 1.165) is 0 Å². The van der Waals surface area contributed by atoms with Crippen LogP contribution in [0.3, 0.4) is 0 Å². The number of nitro benzene ring substituents is 1. The van der Waals surface area contributed by atoms with Crippen molar-refractivity contribution in [3.63, 3.8) is 0 Å². The average molecular weight is 291 g/mol. The average Bonchev–Trinajstić information content (AvgIpc) is 2.46. The van der Waals surface area contributed by atoms with Crippen LogP contribution in [0.15, 0.2) is 42.5 Å². The van der Waals surface area contributed by atoms with Gasteiger partial charge in [-0.05, 0) is 30.7 Å². The number of aliphatic hydroxyl groups excluding tert-OH is 1. The topological polar surface area (TPSA) is 72.6 Å². The minimum atomic E-state index is -0.874. The summed E-state index contributed by atoms with van der Waals surface area (Å²) in [5, 5.41) is 20.3. The van der Waals surface area contributed by atoms with Crippen LogP contribution in [0.2, 0.25) is 0 Å². The molecule has 0 fully saturated rings. The molecular weight excluding hydrogens is 277 g/mol. The number of ether oxygens (including phenoxy) is 1. The van der Waals surface area contributed by atoms with E-state index in [0.29, 0.717) is 16.9 Å². The van der Waals surface area contributed by atoms with Crippen molar-refractivity contribution in [2.45, 2.75) is 19.6 Å². The predicted molar refractivity (Wildman–Crippen MR) is 74.5 cm³/mol. The molecule has 0 saturated carbocycles. The molecule has 0 aliphatic rings. The van der Waals surface area contributed by atoms with Gasteiger partial charge in [-0.2, -0.15) is 0 Å². The largest absolute Gasteiger partial charge is 0.489 e. The van der Waals surface area contributed by atoms with Gasteiger partial charge in [0.25, 0.3) is 5.69 Å². The van der Waals surface area contributed by atoms with E-state index in [9.17, 15) is 19.6 Å². The molecular formula is C15H14FNO4. The van der Waals surface area contributed by atoms with Gasteiger partial charge in [0.05, 0.1) is 11.0 Å². The number of aliphatic hydroxyl groups is 1. The van der Waals surface area contributed by atoms with Gasteiger partial charge in [-0.3, -0.25) is 10.1 Å². The normalized spacial score (nSPS) is 12.0. The maximum Gasteiger partial charge on any atom is 0.269 e. The van der Waals surface area contributed by atoms with Gasteiger partial charge in [-0.15, -0.1) is 0 Å². The fraction of sp³-hybridized carbons (Fsp3) is 0.200. The first-order chi connectivity index (χ1) is 9.97. The Balaban J connectivity index is 2.16. The molecule has 0 heterocycles. The highest BCUT2D eigenvalue weighted by atomic mass is 19.1. The highest BCUT2D eigenvalue weighted by molar-refractivity contribution is 5.37. The van der Waals surface area contributed by atoms with Crippen LogP contribution in [0.25, 0.3) is 0 Å². The lowest BCUT2D eigenvalue weighted by molar-refractivity contribution is -0.384. The number of nitrogens with zero attached hydrogens (tertiary/aromatic N) is 1. The van der Waals surface area contributed by atoms with Crippen LogP contribution in [-0.2, 0) is 6.61 Å². The molecule has 0 aromatic heterocycles. The van der Waals surface area contributed by atoms with Gasteiger partial charge >= 0.3 is 0 Å². The van der Waals surface area contributed by atoms with Crippen molar-refractivity contribution in [2.24, 2.45) is 0 Å². The maximum absolute atomic E-state index is 13.2. The first kappa shape index (κ1) is 14.9. The smallest absolute Gasteiger partial charge is 0.269 e. The maximum atomic E-state index is 13.2. The summed E-state index contributed by atoms with van der Waals surface area (Å²) in [5.74, 6) is -0.119. The fourth-order valence-corrected chi connectivity index (χ4v) is 1.90. The van der Waals surface area contributed by atoms with Crippen LogP contribution in [-0.4, -0.2) is 10.0 Å². The van der Waals surface area contributed by atoms with Crippen molar-refractivity contribution in [3.05, 3.63) is 69.5 Å². The number of hydrogen-bond acceptors (Lipinski definition) is 4. The zero-order chi connectivity index (χ0) is 15.4. The van der Waals surface area contributed by atoms with Crippen LogP contribution >= 0.6 is 0 Å². The van der Waals surface area contributed by atoms with Gasteiger partial charge in [-0.1, -0.05) is 12.1 Å². The molecule has 1 atom stereocenters. The predicted octanol–water partition coefficient (Wildman–Crippen LogP) is 3.37. The highest BCUT2D eigenvalue weighted by Gasteiger charge is 2.11. The number of benzene rings is 2. The summed E-state index contributed by atoms with van der Waals surface area (Å²) in [4.78, 5) is 10.2. The van der Waals surface area contributed by atoms with Gasteiger partial charge in [0.2, 0.25) is 0 Å². The van der Waals surface area contributed by atoms with E-state index in [1.54, 1.807) is 12.1 Å². The van der Waals surface area contributed by atoms with E-state index < -0.39 is 16.8 Å². The summed E-state index contributed by atoms with van der Waals surface area (Å²) in [6.07, 6.45) is -0.874. The molecule has 1 N–H and O–H groups in total. The molecule has 5 nitrogen and oxygen atoms in total. The third-order valence-electron chi connectivity index (χ3n) is 2.94. The van der Waals surface area contributed by atoms with Crippen LogP contribution in [0.5, 0.6) is 5.75 Å². The van der Waals surface area contributed by atoms with E-state index >= 15 is 0 Å². The molecule has 110 valence electrons. The highest BCUT2D eigenvalue weighted by Crippen LogP contribution is 2.27. The number of hydrogen-bond donors (Lipinski definition) is 1. The Morgan fingerprint density at radius 3 is 2.76 bits per heavy atom. The monoisotopic (exact) mass is 291 g/mol. The van der Waals surface area contributed by atoms with E-state index in [-0.39, 0.29) is 12.3 Å². The number of halogens is 1. The minimum absolute atomic E-state index is 0.0223. The summed E-state index contributed by atoms with van der Waals surface area (Å²) in [6, 6.07) is 9.92. The lowest BCUT2D eigenvalue weighted by Crippen LogP contribution is -2.02. The molecule has 0 bridgehead atoms. The second-order valence-electron chi connectivity index (χ2n) is 4.57.